The average molecular weight is 433 g/mol. The highest BCUT2D eigenvalue weighted by Gasteiger charge is 2.13. The summed E-state index contributed by atoms with van der Waals surface area (Å²) < 4.78 is 5.88. The molecule has 6 nitrogen and oxygen atoms in total. The number of rotatable bonds is 7. The van der Waals surface area contributed by atoms with Crippen LogP contribution in [0.1, 0.15) is 33.9 Å². The maximum Gasteiger partial charge on any atom is 0.275 e. The molecular formula is C18H26Cl2N4O2S. The Morgan fingerprint density at radius 1 is 1.33 bits per heavy atom. The monoisotopic (exact) mass is 432 g/mol. The number of amides is 1. The smallest absolute Gasteiger partial charge is 0.275 e. The van der Waals surface area contributed by atoms with Gasteiger partial charge in [-0.05, 0) is 56.6 Å². The van der Waals surface area contributed by atoms with Gasteiger partial charge in [0.05, 0.1) is 0 Å². The summed E-state index contributed by atoms with van der Waals surface area (Å²) in [7, 11) is 0. The van der Waals surface area contributed by atoms with Gasteiger partial charge >= 0.3 is 0 Å². The first-order valence-corrected chi connectivity index (χ1v) is 9.45. The normalized spacial score (nSPS) is 13.6. The Morgan fingerprint density at radius 2 is 2.07 bits per heavy atom. The van der Waals surface area contributed by atoms with E-state index >= 15 is 0 Å². The van der Waals surface area contributed by atoms with E-state index in [2.05, 4.69) is 15.2 Å². The largest absolute Gasteiger partial charge is 0.492 e. The van der Waals surface area contributed by atoms with Crippen LogP contribution in [-0.4, -0.2) is 42.0 Å². The number of halogens is 2. The Labute approximate surface area is 176 Å². The summed E-state index contributed by atoms with van der Waals surface area (Å²) in [4.78, 5) is 18.8. The molecule has 1 fully saturated rings. The molecular weight excluding hydrogens is 407 g/mol. The second kappa shape index (κ2) is 11.5. The van der Waals surface area contributed by atoms with Crippen LogP contribution >= 0.6 is 36.2 Å². The van der Waals surface area contributed by atoms with Crippen LogP contribution in [0.2, 0.25) is 0 Å². The van der Waals surface area contributed by atoms with Crippen LogP contribution in [0, 0.1) is 6.92 Å². The van der Waals surface area contributed by atoms with Gasteiger partial charge in [-0.2, -0.15) is 0 Å². The number of nitrogens with one attached hydrogen (secondary N) is 1. The molecule has 27 heavy (non-hydrogen) atoms. The highest BCUT2D eigenvalue weighted by Crippen LogP contribution is 2.23. The molecule has 0 saturated carbocycles. The summed E-state index contributed by atoms with van der Waals surface area (Å²) >= 11 is 1.39. The molecule has 3 rings (SSSR count). The number of aryl methyl sites for hydroxylation is 1. The van der Waals surface area contributed by atoms with Gasteiger partial charge in [-0.3, -0.25) is 9.69 Å². The molecule has 1 aromatic heterocycles. The van der Waals surface area contributed by atoms with Crippen LogP contribution in [0.5, 0.6) is 5.75 Å². The molecule has 9 heteroatoms. The number of likely N-dealkylation sites (tertiary alicyclic amines) is 1. The summed E-state index contributed by atoms with van der Waals surface area (Å²) in [6.45, 7) is 6.33. The van der Waals surface area contributed by atoms with Gasteiger partial charge in [0, 0.05) is 24.2 Å². The zero-order valence-corrected chi connectivity index (χ0v) is 17.7. The Hall–Kier alpha value is -1.38. The number of hydrogen-bond donors (Lipinski definition) is 2. The zero-order chi connectivity index (χ0) is 17.6. The first-order valence-electron chi connectivity index (χ1n) is 8.57. The first kappa shape index (κ1) is 23.7. The predicted molar refractivity (Wildman–Crippen MR) is 115 cm³/mol. The lowest BCUT2D eigenvalue weighted by Gasteiger charge is -2.16. The minimum Gasteiger partial charge on any atom is -0.492 e. The van der Waals surface area contributed by atoms with Crippen LogP contribution in [-0.2, 0) is 6.54 Å². The fourth-order valence-corrected chi connectivity index (χ4v) is 3.54. The van der Waals surface area contributed by atoms with Crippen molar-refractivity contribution in [2.75, 3.05) is 31.6 Å². The molecule has 1 amide bonds. The molecule has 3 N–H and O–H groups in total. The van der Waals surface area contributed by atoms with Gasteiger partial charge in [-0.1, -0.05) is 0 Å². The molecule has 0 atom stereocenters. The van der Waals surface area contributed by atoms with Gasteiger partial charge in [0.2, 0.25) is 0 Å². The SMILES string of the molecule is Cc1cc(NC(=O)c2csc(CN)n2)ccc1OCCN1CCCC1.Cl.Cl. The quantitative estimate of drug-likeness (QED) is 0.699. The maximum atomic E-state index is 12.2. The van der Waals surface area contributed by atoms with Gasteiger partial charge in [0.25, 0.3) is 5.91 Å². The number of anilines is 1. The molecule has 2 heterocycles. The molecule has 0 unspecified atom stereocenters. The number of thiazole rings is 1. The Balaban J connectivity index is 0.00000182. The topological polar surface area (TPSA) is 80.5 Å². The van der Waals surface area contributed by atoms with E-state index in [4.69, 9.17) is 10.5 Å². The highest BCUT2D eigenvalue weighted by atomic mass is 35.5. The number of aromatic nitrogens is 1. The number of nitrogens with two attached hydrogens (primary N) is 1. The van der Waals surface area contributed by atoms with Crippen molar-refractivity contribution in [1.82, 2.24) is 9.88 Å². The van der Waals surface area contributed by atoms with Crippen LogP contribution in [0.3, 0.4) is 0 Å². The lowest BCUT2D eigenvalue weighted by molar-refractivity contribution is 0.102. The second-order valence-electron chi connectivity index (χ2n) is 6.16. The first-order chi connectivity index (χ1) is 12.2. The highest BCUT2D eigenvalue weighted by molar-refractivity contribution is 7.09. The predicted octanol–water partition coefficient (Wildman–Crippen LogP) is 3.48. The lowest BCUT2D eigenvalue weighted by atomic mass is 10.2. The molecule has 2 aromatic rings. The van der Waals surface area contributed by atoms with Gasteiger partial charge in [-0.25, -0.2) is 4.98 Å². The fraction of sp³-hybridized carbons (Fsp3) is 0.444. The molecule has 0 aliphatic carbocycles. The van der Waals surface area contributed by atoms with Gasteiger partial charge < -0.3 is 15.8 Å². The van der Waals surface area contributed by atoms with Crippen LogP contribution in [0.25, 0.3) is 0 Å². The standard InChI is InChI=1S/C18H24N4O2S.2ClH/c1-13-10-14(20-18(23)15-12-25-17(11-19)21-15)4-5-16(13)24-9-8-22-6-2-3-7-22;;/h4-5,10,12H,2-3,6-9,11,19H2,1H3,(H,20,23);2*1H. The van der Waals surface area contributed by atoms with E-state index in [0.717, 1.165) is 28.6 Å². The number of benzene rings is 1. The van der Waals surface area contributed by atoms with Crippen molar-refractivity contribution in [3.63, 3.8) is 0 Å². The van der Waals surface area contributed by atoms with E-state index in [1.54, 1.807) is 5.38 Å². The Kier molecular flexibility index (Phi) is 10.0. The molecule has 1 aromatic carbocycles. The lowest BCUT2D eigenvalue weighted by Crippen LogP contribution is -2.25. The van der Waals surface area contributed by atoms with Crippen LogP contribution < -0.4 is 15.8 Å². The average Bonchev–Trinajstić information content (AvgIpc) is 3.28. The van der Waals surface area contributed by atoms with Gasteiger partial charge in [-0.15, -0.1) is 36.2 Å². The second-order valence-corrected chi connectivity index (χ2v) is 7.10. The molecule has 0 spiro atoms. The van der Waals surface area contributed by atoms with Crippen molar-refractivity contribution in [2.24, 2.45) is 5.73 Å². The van der Waals surface area contributed by atoms with E-state index < -0.39 is 0 Å². The van der Waals surface area contributed by atoms with Gasteiger partial charge in [0.1, 0.15) is 23.1 Å². The van der Waals surface area contributed by atoms with Crippen molar-refractivity contribution in [3.05, 3.63) is 39.8 Å². The maximum absolute atomic E-state index is 12.2. The Morgan fingerprint density at radius 3 is 2.70 bits per heavy atom. The number of nitrogens with zero attached hydrogens (tertiary/aromatic N) is 2. The van der Waals surface area contributed by atoms with E-state index in [1.165, 1.54) is 37.3 Å². The van der Waals surface area contributed by atoms with E-state index in [9.17, 15) is 4.79 Å². The zero-order valence-electron chi connectivity index (χ0n) is 15.3. The summed E-state index contributed by atoms with van der Waals surface area (Å²) in [5.74, 6) is 0.634. The summed E-state index contributed by atoms with van der Waals surface area (Å²) in [5, 5.41) is 5.34. The number of hydrogen-bond acceptors (Lipinski definition) is 6. The molecule has 1 aliphatic heterocycles. The third-order valence-corrected chi connectivity index (χ3v) is 5.13. The molecule has 0 radical (unpaired) electrons. The summed E-state index contributed by atoms with van der Waals surface area (Å²) in [5.41, 5.74) is 7.66. The van der Waals surface area contributed by atoms with Crippen molar-refractivity contribution in [2.45, 2.75) is 26.3 Å². The number of ether oxygens (including phenoxy) is 1. The van der Waals surface area contributed by atoms with Crippen LogP contribution in [0.4, 0.5) is 5.69 Å². The minimum atomic E-state index is -0.224. The third-order valence-electron chi connectivity index (χ3n) is 4.26. The number of carbonyl (C=O) groups is 1. The fourth-order valence-electron chi connectivity index (χ4n) is 2.88. The Bertz CT molecular complexity index is 736. The van der Waals surface area contributed by atoms with E-state index in [-0.39, 0.29) is 30.7 Å². The van der Waals surface area contributed by atoms with E-state index in [0.29, 0.717) is 18.8 Å². The van der Waals surface area contributed by atoms with Crippen molar-refractivity contribution in [1.29, 1.82) is 0 Å². The number of carbonyl (C=O) groups excluding carboxylic acids is 1. The summed E-state index contributed by atoms with van der Waals surface area (Å²) in [6, 6.07) is 5.67. The van der Waals surface area contributed by atoms with Crippen LogP contribution in [0.15, 0.2) is 23.6 Å². The molecule has 1 saturated heterocycles. The van der Waals surface area contributed by atoms with E-state index in [1.807, 2.05) is 25.1 Å². The molecule has 1 aliphatic rings. The van der Waals surface area contributed by atoms with Crippen molar-refractivity contribution in [3.8, 4) is 5.75 Å². The minimum absolute atomic E-state index is 0. The van der Waals surface area contributed by atoms with Crippen molar-refractivity contribution >= 4 is 47.7 Å². The van der Waals surface area contributed by atoms with Gasteiger partial charge in [0.15, 0.2) is 0 Å². The third kappa shape index (κ3) is 6.62. The molecule has 0 bridgehead atoms. The molecule has 150 valence electrons. The summed E-state index contributed by atoms with van der Waals surface area (Å²) in [6.07, 6.45) is 2.58. The van der Waals surface area contributed by atoms with Crippen molar-refractivity contribution < 1.29 is 9.53 Å².